The maximum Gasteiger partial charge on any atom is 0.307 e. The summed E-state index contributed by atoms with van der Waals surface area (Å²) in [5.74, 6) is -1.77. The summed E-state index contributed by atoms with van der Waals surface area (Å²) in [5, 5.41) is 11.3. The van der Waals surface area contributed by atoms with Crippen molar-refractivity contribution in [1.82, 2.24) is 0 Å². The van der Waals surface area contributed by atoms with Crippen molar-refractivity contribution in [2.24, 2.45) is 5.92 Å². The molecule has 0 aliphatic carbocycles. The van der Waals surface area contributed by atoms with Crippen LogP contribution in [0.5, 0.6) is 0 Å². The Hall–Kier alpha value is -1.89. The van der Waals surface area contributed by atoms with Crippen molar-refractivity contribution >= 4 is 27.4 Å². The second-order valence-corrected chi connectivity index (χ2v) is 7.09. The van der Waals surface area contributed by atoms with E-state index < -0.39 is 21.7 Å². The Bertz CT molecular complexity index is 621. The number of carboxylic acid groups (broad SMARTS) is 1. The molecule has 1 aliphatic rings. The predicted octanol–water partition coefficient (Wildman–Crippen LogP) is 0.687. The molecule has 0 aromatic heterocycles. The highest BCUT2D eigenvalue weighted by Crippen LogP contribution is 2.20. The van der Waals surface area contributed by atoms with Gasteiger partial charge < -0.3 is 10.4 Å². The van der Waals surface area contributed by atoms with Gasteiger partial charge in [-0.25, -0.2) is 8.42 Å². The Kier molecular flexibility index (Phi) is 4.08. The van der Waals surface area contributed by atoms with Gasteiger partial charge in [-0.2, -0.15) is 0 Å². The maximum atomic E-state index is 11.9. The third-order valence-corrected chi connectivity index (χ3v) is 4.95. The molecule has 6 nitrogen and oxygen atoms in total. The molecule has 0 bridgehead atoms. The first-order chi connectivity index (χ1) is 9.35. The van der Waals surface area contributed by atoms with E-state index >= 15 is 0 Å². The Morgan fingerprint density at radius 3 is 2.40 bits per heavy atom. The Morgan fingerprint density at radius 1 is 1.25 bits per heavy atom. The number of aliphatic carboxylic acids is 1. The largest absolute Gasteiger partial charge is 0.481 e. The molecule has 20 heavy (non-hydrogen) atoms. The third-order valence-electron chi connectivity index (χ3n) is 3.18. The second-order valence-electron chi connectivity index (χ2n) is 4.86. The third kappa shape index (κ3) is 3.80. The summed E-state index contributed by atoms with van der Waals surface area (Å²) in [6.07, 6.45) is 0.278. The van der Waals surface area contributed by atoms with Crippen molar-refractivity contribution in [3.8, 4) is 0 Å². The first-order valence-corrected chi connectivity index (χ1v) is 8.00. The number of carbonyl (C=O) groups excluding carboxylic acids is 1. The molecule has 2 N–H and O–H groups in total. The summed E-state index contributed by atoms with van der Waals surface area (Å²) in [5.41, 5.74) is 1.17. The molecule has 108 valence electrons. The predicted molar refractivity (Wildman–Crippen MR) is 73.2 cm³/mol. The number of sulfone groups is 1. The quantitative estimate of drug-likeness (QED) is 0.851. The van der Waals surface area contributed by atoms with Crippen LogP contribution in [0.1, 0.15) is 12.0 Å². The van der Waals surface area contributed by atoms with Crippen molar-refractivity contribution in [2.45, 2.75) is 12.8 Å². The van der Waals surface area contributed by atoms with E-state index in [9.17, 15) is 18.0 Å². The minimum Gasteiger partial charge on any atom is -0.481 e. The van der Waals surface area contributed by atoms with Crippen LogP contribution < -0.4 is 5.32 Å². The number of nitrogens with one attached hydrogen (secondary N) is 1. The van der Waals surface area contributed by atoms with Crippen LogP contribution in [0.3, 0.4) is 0 Å². The molecule has 0 spiro atoms. The van der Waals surface area contributed by atoms with Crippen LogP contribution in [0, 0.1) is 5.92 Å². The molecule has 1 aliphatic heterocycles. The fourth-order valence-corrected chi connectivity index (χ4v) is 3.87. The molecule has 1 atom stereocenters. The van der Waals surface area contributed by atoms with Gasteiger partial charge >= 0.3 is 5.97 Å². The zero-order valence-electron chi connectivity index (χ0n) is 10.7. The fraction of sp³-hybridized carbons (Fsp3) is 0.385. The molecular formula is C13H15NO5S. The van der Waals surface area contributed by atoms with E-state index in [4.69, 9.17) is 5.11 Å². The Balaban J connectivity index is 1.96. The van der Waals surface area contributed by atoms with Crippen molar-refractivity contribution in [3.05, 3.63) is 29.8 Å². The molecule has 0 radical (unpaired) electrons. The molecule has 7 heteroatoms. The lowest BCUT2D eigenvalue weighted by Crippen LogP contribution is -2.23. The van der Waals surface area contributed by atoms with Gasteiger partial charge in [-0.3, -0.25) is 9.59 Å². The summed E-state index contributed by atoms with van der Waals surface area (Å²) < 4.78 is 22.6. The summed E-state index contributed by atoms with van der Waals surface area (Å²) >= 11 is 0. The molecule has 1 unspecified atom stereocenters. The number of rotatable bonds is 4. The van der Waals surface area contributed by atoms with Crippen molar-refractivity contribution in [1.29, 1.82) is 0 Å². The summed E-state index contributed by atoms with van der Waals surface area (Å²) in [7, 11) is -3.08. The molecule has 0 saturated carbocycles. The molecule has 2 rings (SSSR count). The first-order valence-electron chi connectivity index (χ1n) is 6.18. The van der Waals surface area contributed by atoms with Crippen molar-refractivity contribution in [2.75, 3.05) is 16.8 Å². The fourth-order valence-electron chi connectivity index (χ4n) is 2.13. The number of amides is 1. The number of hydrogen-bond donors (Lipinski definition) is 2. The Morgan fingerprint density at radius 2 is 1.90 bits per heavy atom. The van der Waals surface area contributed by atoms with Gasteiger partial charge in [-0.05, 0) is 24.1 Å². The highest BCUT2D eigenvalue weighted by Gasteiger charge is 2.32. The van der Waals surface area contributed by atoms with Crippen LogP contribution in [0.25, 0.3) is 0 Å². The lowest BCUT2D eigenvalue weighted by Gasteiger charge is -2.09. The average molecular weight is 297 g/mol. The minimum absolute atomic E-state index is 0.0582. The lowest BCUT2D eigenvalue weighted by atomic mass is 10.1. The molecule has 1 aromatic rings. The molecular weight excluding hydrogens is 282 g/mol. The summed E-state index contributed by atoms with van der Waals surface area (Å²) in [4.78, 5) is 22.4. The van der Waals surface area contributed by atoms with E-state index in [0.717, 1.165) is 0 Å². The minimum atomic E-state index is -3.08. The maximum absolute atomic E-state index is 11.9. The van der Waals surface area contributed by atoms with Gasteiger partial charge in [0.2, 0.25) is 5.91 Å². The molecule has 1 fully saturated rings. The SMILES string of the molecule is O=C(O)Cc1ccc(NC(=O)C2CCS(=O)(=O)C2)cc1. The smallest absolute Gasteiger partial charge is 0.307 e. The molecule has 1 aromatic carbocycles. The van der Waals surface area contributed by atoms with Crippen molar-refractivity contribution < 1.29 is 23.1 Å². The summed E-state index contributed by atoms with van der Waals surface area (Å²) in [6.45, 7) is 0. The number of carbonyl (C=O) groups is 2. The normalized spacial score (nSPS) is 20.5. The number of anilines is 1. The van der Waals surface area contributed by atoms with Gasteiger partial charge in [0.05, 0.1) is 23.8 Å². The number of carboxylic acids is 1. The van der Waals surface area contributed by atoms with E-state index in [1.807, 2.05) is 0 Å². The van der Waals surface area contributed by atoms with Crippen molar-refractivity contribution in [3.63, 3.8) is 0 Å². The van der Waals surface area contributed by atoms with Crippen LogP contribution in [0.2, 0.25) is 0 Å². The van der Waals surface area contributed by atoms with Gasteiger partial charge in [0.25, 0.3) is 0 Å². The zero-order chi connectivity index (χ0) is 14.8. The van der Waals surface area contributed by atoms with Gasteiger partial charge in [0.15, 0.2) is 9.84 Å². The highest BCUT2D eigenvalue weighted by molar-refractivity contribution is 7.91. The topological polar surface area (TPSA) is 101 Å². The van der Waals surface area contributed by atoms with Crippen LogP contribution in [-0.4, -0.2) is 36.9 Å². The molecule has 1 saturated heterocycles. The number of benzene rings is 1. The Labute approximate surface area is 116 Å². The van der Waals surface area contributed by atoms with E-state index in [2.05, 4.69) is 5.32 Å². The lowest BCUT2D eigenvalue weighted by molar-refractivity contribution is -0.136. The van der Waals surface area contributed by atoms with Gasteiger partial charge in [0, 0.05) is 5.69 Å². The first kappa shape index (κ1) is 14.5. The van der Waals surface area contributed by atoms with E-state index in [1.54, 1.807) is 24.3 Å². The van der Waals surface area contributed by atoms with Crippen LogP contribution >= 0.6 is 0 Å². The highest BCUT2D eigenvalue weighted by atomic mass is 32.2. The van der Waals surface area contributed by atoms with Crippen LogP contribution in [0.4, 0.5) is 5.69 Å². The summed E-state index contributed by atoms with van der Waals surface area (Å²) in [6, 6.07) is 6.46. The standard InChI is InChI=1S/C13H15NO5S/c15-12(16)7-9-1-3-11(4-2-9)14-13(17)10-5-6-20(18,19)8-10/h1-4,10H,5-8H2,(H,14,17)(H,15,16). The molecule has 1 amide bonds. The van der Waals surface area contributed by atoms with E-state index in [-0.39, 0.29) is 23.8 Å². The monoisotopic (exact) mass is 297 g/mol. The number of hydrogen-bond acceptors (Lipinski definition) is 4. The second kappa shape index (κ2) is 5.62. The van der Waals surface area contributed by atoms with Gasteiger partial charge in [-0.15, -0.1) is 0 Å². The van der Waals surface area contributed by atoms with Gasteiger partial charge in [0.1, 0.15) is 0 Å². The molecule has 1 heterocycles. The zero-order valence-corrected chi connectivity index (χ0v) is 11.5. The van der Waals surface area contributed by atoms with Gasteiger partial charge in [-0.1, -0.05) is 12.1 Å². The average Bonchev–Trinajstić information content (AvgIpc) is 2.72. The van der Waals surface area contributed by atoms with Crippen LogP contribution in [-0.2, 0) is 25.8 Å². The van der Waals surface area contributed by atoms with E-state index in [0.29, 0.717) is 17.7 Å². The van der Waals surface area contributed by atoms with E-state index in [1.165, 1.54) is 0 Å². The van der Waals surface area contributed by atoms with Crippen LogP contribution in [0.15, 0.2) is 24.3 Å².